The summed E-state index contributed by atoms with van der Waals surface area (Å²) in [7, 11) is 1.54. The van der Waals surface area contributed by atoms with Crippen molar-refractivity contribution < 1.29 is 32.9 Å². The highest BCUT2D eigenvalue weighted by atomic mass is 31.2. The third-order valence-electron chi connectivity index (χ3n) is 13.6. The molecule has 0 aromatic heterocycles. The highest BCUT2D eigenvalue weighted by Gasteiger charge is 2.27. The van der Waals surface area contributed by atoms with Gasteiger partial charge < -0.3 is 19.8 Å². The third kappa shape index (κ3) is 62.1. The van der Waals surface area contributed by atoms with Gasteiger partial charge in [0.05, 0.1) is 39.9 Å². The number of carbonyl (C=O) groups is 1. The fraction of sp³-hybridized carbons (Fsp3) is 0.671. The molecule has 3 N–H and O–H groups in total. The van der Waals surface area contributed by atoms with Crippen LogP contribution in [-0.4, -0.2) is 73.4 Å². The second-order valence-corrected chi connectivity index (χ2v) is 23.8. The van der Waals surface area contributed by atoms with Gasteiger partial charge in [0.15, 0.2) is 0 Å². The first kappa shape index (κ1) is 75.6. The number of unbranched alkanes of at least 4 members (excludes halogenated alkanes) is 24. The highest BCUT2D eigenvalue weighted by Crippen LogP contribution is 2.43. The molecule has 0 saturated carbocycles. The zero-order chi connectivity index (χ0) is 57.7. The quantitative estimate of drug-likeness (QED) is 0.0243. The Hall–Kier alpha value is -3.36. The minimum atomic E-state index is -4.37. The Morgan fingerprint density at radius 3 is 1.16 bits per heavy atom. The van der Waals surface area contributed by atoms with Crippen LogP contribution in [0.4, 0.5) is 0 Å². The summed E-state index contributed by atoms with van der Waals surface area (Å²) in [6.07, 6.45) is 90.0. The van der Waals surface area contributed by atoms with Crippen LogP contribution in [0.15, 0.2) is 134 Å². The number of hydrogen-bond acceptors (Lipinski definition) is 5. The second kappa shape index (κ2) is 59.3. The number of phosphoric ester groups is 1. The zero-order valence-electron chi connectivity index (χ0n) is 51.6. The molecule has 0 saturated heterocycles. The molecule has 3 unspecified atom stereocenters. The molecule has 0 fully saturated rings. The second-order valence-electron chi connectivity index (χ2n) is 22.4. The van der Waals surface area contributed by atoms with Crippen molar-refractivity contribution in [3.63, 3.8) is 0 Å². The lowest BCUT2D eigenvalue weighted by atomic mass is 10.0. The van der Waals surface area contributed by atoms with E-state index in [1.165, 1.54) is 135 Å². The summed E-state index contributed by atoms with van der Waals surface area (Å²) < 4.78 is 23.7. The maximum Gasteiger partial charge on any atom is 0.472 e. The monoisotopic (exact) mass is 1120 g/mol. The lowest BCUT2D eigenvalue weighted by molar-refractivity contribution is -0.870. The number of amides is 1. The lowest BCUT2D eigenvalue weighted by Gasteiger charge is -2.25. The van der Waals surface area contributed by atoms with Crippen LogP contribution < -0.4 is 5.32 Å². The van der Waals surface area contributed by atoms with Gasteiger partial charge in [0, 0.05) is 6.42 Å². The van der Waals surface area contributed by atoms with Crippen LogP contribution in [0.2, 0.25) is 0 Å². The Kier molecular flexibility index (Phi) is 56.7. The highest BCUT2D eigenvalue weighted by molar-refractivity contribution is 7.47. The molecule has 1 amide bonds. The van der Waals surface area contributed by atoms with Gasteiger partial charge in [0.2, 0.25) is 5.91 Å². The summed E-state index contributed by atoms with van der Waals surface area (Å²) >= 11 is 0. The van der Waals surface area contributed by atoms with Crippen LogP contribution in [-0.2, 0) is 18.4 Å². The Bertz CT molecular complexity index is 1750. The smallest absolute Gasteiger partial charge is 0.387 e. The van der Waals surface area contributed by atoms with Crippen LogP contribution in [0.25, 0.3) is 0 Å². The largest absolute Gasteiger partial charge is 0.472 e. The number of likely N-dealkylation sites (N-methyl/N-ethyl adjacent to an activating group) is 1. The predicted molar refractivity (Wildman–Crippen MR) is 345 cm³/mol. The van der Waals surface area contributed by atoms with Gasteiger partial charge in [-0.2, -0.15) is 0 Å². The molecule has 79 heavy (non-hydrogen) atoms. The maximum atomic E-state index is 13.0. The average Bonchev–Trinajstić information content (AvgIpc) is 3.42. The van der Waals surface area contributed by atoms with E-state index in [9.17, 15) is 19.4 Å². The first-order chi connectivity index (χ1) is 38.5. The van der Waals surface area contributed by atoms with E-state index in [0.717, 1.165) is 96.3 Å². The minimum absolute atomic E-state index is 0.0500. The molecule has 0 aliphatic rings. The first-order valence-corrected chi connectivity index (χ1v) is 33.6. The van der Waals surface area contributed by atoms with Gasteiger partial charge in [-0.05, 0) is 103 Å². The molecule has 8 nitrogen and oxygen atoms in total. The molecular formula is C70H122N2O6P+. The van der Waals surface area contributed by atoms with E-state index >= 15 is 0 Å². The molecule has 0 aliphatic heterocycles. The van der Waals surface area contributed by atoms with E-state index in [0.29, 0.717) is 17.4 Å². The van der Waals surface area contributed by atoms with Crippen molar-refractivity contribution >= 4 is 13.7 Å². The summed E-state index contributed by atoms with van der Waals surface area (Å²) in [5.41, 5.74) is 0. The summed E-state index contributed by atoms with van der Waals surface area (Å²) in [4.78, 5) is 23.3. The Labute approximate surface area is 487 Å². The lowest BCUT2D eigenvalue weighted by Crippen LogP contribution is -2.45. The van der Waals surface area contributed by atoms with E-state index in [1.54, 1.807) is 6.08 Å². The van der Waals surface area contributed by atoms with Crippen molar-refractivity contribution in [3.05, 3.63) is 134 Å². The molecule has 0 spiro atoms. The molecule has 0 aliphatic carbocycles. The first-order valence-electron chi connectivity index (χ1n) is 32.1. The van der Waals surface area contributed by atoms with E-state index in [4.69, 9.17) is 9.05 Å². The fourth-order valence-corrected chi connectivity index (χ4v) is 9.37. The van der Waals surface area contributed by atoms with E-state index < -0.39 is 20.0 Å². The van der Waals surface area contributed by atoms with Crippen LogP contribution >= 0.6 is 7.82 Å². The SMILES string of the molecule is CC/C=C\C/C=C\C/C=C\C/C=C\C/C=C\C/C=C\C/C=C\C/C=C\C/C=C\CCCCCCCCCCCCCC(=O)NC(COP(=O)(O)OCC[N+](C)(C)C)C(O)/C=C/CC/C=C/CCCCCCCCCCCCCC. The zero-order valence-corrected chi connectivity index (χ0v) is 52.5. The number of phosphoric acid groups is 1. The number of hydrogen-bond donors (Lipinski definition) is 3. The average molecular weight is 1120 g/mol. The van der Waals surface area contributed by atoms with Crippen molar-refractivity contribution in [2.24, 2.45) is 0 Å². The minimum Gasteiger partial charge on any atom is -0.387 e. The number of nitrogens with one attached hydrogen (secondary N) is 1. The predicted octanol–water partition coefficient (Wildman–Crippen LogP) is 20.3. The van der Waals surface area contributed by atoms with Crippen molar-refractivity contribution in [1.29, 1.82) is 0 Å². The standard InChI is InChI=1S/C70H121N2O6P/c1-6-8-10-12-14-16-18-20-22-24-26-27-28-29-30-31-32-33-34-35-36-37-38-39-40-41-42-43-44-45-46-48-50-52-54-56-58-60-62-64-70(74)71-68(67-78-79(75,76)77-66-65-72(3,4)5)69(73)63-61-59-57-55-53-51-49-47-25-23-21-19-17-15-13-11-9-7-2/h8,10,14,16,20,22,26-27,29-30,32-33,35-36,38-39,41-42,53,55,61,63,68-69,73H,6-7,9,11-13,15,17-19,21,23-25,28,31,34,37,40,43-52,54,56-60,62,64-67H2,1-5H3,(H-,71,74,75,76)/p+1/b10-8-,16-14-,22-20-,27-26-,30-29-,33-32-,36-35-,39-38-,42-41-,55-53+,63-61+. The van der Waals surface area contributed by atoms with Crippen molar-refractivity contribution in [2.75, 3.05) is 40.9 Å². The van der Waals surface area contributed by atoms with E-state index in [-0.39, 0.29) is 19.1 Å². The van der Waals surface area contributed by atoms with Gasteiger partial charge in [0.25, 0.3) is 0 Å². The molecule has 452 valence electrons. The van der Waals surface area contributed by atoms with Crippen LogP contribution in [0, 0.1) is 0 Å². The topological polar surface area (TPSA) is 105 Å². The van der Waals surface area contributed by atoms with Crippen LogP contribution in [0.5, 0.6) is 0 Å². The van der Waals surface area contributed by atoms with Gasteiger partial charge in [-0.1, -0.05) is 276 Å². The van der Waals surface area contributed by atoms with E-state index in [1.807, 2.05) is 27.2 Å². The van der Waals surface area contributed by atoms with Crippen LogP contribution in [0.3, 0.4) is 0 Å². The van der Waals surface area contributed by atoms with Crippen LogP contribution in [0.1, 0.15) is 251 Å². The van der Waals surface area contributed by atoms with E-state index in [2.05, 4.69) is 141 Å². The number of carbonyl (C=O) groups excluding carboxylic acids is 1. The summed E-state index contributed by atoms with van der Waals surface area (Å²) in [6.45, 7) is 4.68. The summed E-state index contributed by atoms with van der Waals surface area (Å²) in [6, 6.07) is -0.874. The van der Waals surface area contributed by atoms with Crippen molar-refractivity contribution in [2.45, 2.75) is 264 Å². The number of allylic oxidation sites excluding steroid dienone is 21. The molecule has 0 bridgehead atoms. The Balaban J connectivity index is 4.14. The maximum absolute atomic E-state index is 13.0. The fourth-order valence-electron chi connectivity index (χ4n) is 8.64. The Morgan fingerprint density at radius 1 is 0.443 bits per heavy atom. The number of nitrogens with zero attached hydrogens (tertiary/aromatic N) is 1. The summed E-state index contributed by atoms with van der Waals surface area (Å²) in [5, 5.41) is 13.9. The number of aliphatic hydroxyl groups is 1. The number of aliphatic hydroxyl groups excluding tert-OH is 1. The molecular weight excluding hydrogens is 996 g/mol. The molecule has 0 radical (unpaired) electrons. The van der Waals surface area contributed by atoms with Gasteiger partial charge >= 0.3 is 7.82 Å². The summed E-state index contributed by atoms with van der Waals surface area (Å²) in [5.74, 6) is -0.194. The normalized spacial score (nSPS) is 14.7. The third-order valence-corrected chi connectivity index (χ3v) is 14.6. The molecule has 9 heteroatoms. The van der Waals surface area contributed by atoms with Gasteiger partial charge in [-0.15, -0.1) is 0 Å². The molecule has 0 aromatic carbocycles. The molecule has 0 heterocycles. The Morgan fingerprint density at radius 2 is 0.772 bits per heavy atom. The molecule has 0 aromatic rings. The molecule has 0 rings (SSSR count). The van der Waals surface area contributed by atoms with Gasteiger partial charge in [-0.3, -0.25) is 13.8 Å². The van der Waals surface area contributed by atoms with Gasteiger partial charge in [-0.25, -0.2) is 4.57 Å². The van der Waals surface area contributed by atoms with Gasteiger partial charge in [0.1, 0.15) is 13.2 Å². The molecule has 3 atom stereocenters. The number of rotatable bonds is 57. The van der Waals surface area contributed by atoms with Crippen molar-refractivity contribution in [3.8, 4) is 0 Å². The van der Waals surface area contributed by atoms with Crippen molar-refractivity contribution in [1.82, 2.24) is 5.32 Å². The number of quaternary nitrogens is 1.